The Labute approximate surface area is 119 Å². The summed E-state index contributed by atoms with van der Waals surface area (Å²) < 4.78 is 28.7. The summed E-state index contributed by atoms with van der Waals surface area (Å²) in [4.78, 5) is 11.4. The first kappa shape index (κ1) is 13.8. The Balaban J connectivity index is 2.36. The van der Waals surface area contributed by atoms with Crippen molar-refractivity contribution in [1.82, 2.24) is 4.57 Å². The number of anilines is 1. The number of aromatic nitrogens is 1. The van der Waals surface area contributed by atoms with E-state index in [2.05, 4.69) is 20.7 Å². The van der Waals surface area contributed by atoms with Gasteiger partial charge in [-0.2, -0.15) is 0 Å². The van der Waals surface area contributed by atoms with Crippen molar-refractivity contribution in [3.8, 4) is 0 Å². The zero-order valence-corrected chi connectivity index (χ0v) is 12.4. The van der Waals surface area contributed by atoms with Crippen LogP contribution in [-0.4, -0.2) is 13.0 Å². The molecule has 0 atom stereocenters. The van der Waals surface area contributed by atoms with Gasteiger partial charge in [-0.3, -0.25) is 9.52 Å². The maximum absolute atomic E-state index is 12.1. The van der Waals surface area contributed by atoms with Crippen molar-refractivity contribution in [2.45, 2.75) is 4.90 Å². The lowest BCUT2D eigenvalue weighted by Gasteiger charge is -2.09. The van der Waals surface area contributed by atoms with E-state index < -0.39 is 10.0 Å². The van der Waals surface area contributed by atoms with Gasteiger partial charge in [0.25, 0.3) is 10.0 Å². The van der Waals surface area contributed by atoms with Crippen LogP contribution in [-0.2, 0) is 17.1 Å². The van der Waals surface area contributed by atoms with Crippen LogP contribution in [0.1, 0.15) is 0 Å². The Hall–Kier alpha value is -1.60. The van der Waals surface area contributed by atoms with E-state index in [9.17, 15) is 13.2 Å². The molecular weight excluding hydrogens is 332 g/mol. The molecule has 5 nitrogen and oxygen atoms in total. The summed E-state index contributed by atoms with van der Waals surface area (Å²) in [6.07, 6.45) is 1.43. The summed E-state index contributed by atoms with van der Waals surface area (Å²) in [7, 11) is -2.11. The summed E-state index contributed by atoms with van der Waals surface area (Å²) in [6, 6.07) is 9.11. The van der Waals surface area contributed by atoms with Crippen molar-refractivity contribution in [3.05, 3.63) is 57.4 Å². The van der Waals surface area contributed by atoms with Gasteiger partial charge in [0, 0.05) is 23.8 Å². The van der Waals surface area contributed by atoms with E-state index in [1.165, 1.54) is 35.0 Å². The fraction of sp³-hybridized carbons (Fsp3) is 0.0833. The van der Waals surface area contributed by atoms with Crippen LogP contribution in [0.25, 0.3) is 0 Å². The molecule has 100 valence electrons. The van der Waals surface area contributed by atoms with E-state index in [1.807, 2.05) is 0 Å². The standard InChI is InChI=1S/C12H11BrN2O3S/c1-15-8-10(5-6-12(15)16)14-19(17,18)11-4-2-3-9(13)7-11/h2-8,14H,1H3. The van der Waals surface area contributed by atoms with Gasteiger partial charge in [-0.05, 0) is 24.3 Å². The molecule has 19 heavy (non-hydrogen) atoms. The molecule has 1 heterocycles. The molecule has 2 rings (SSSR count). The minimum atomic E-state index is -3.66. The number of hydrogen-bond donors (Lipinski definition) is 1. The first-order chi connectivity index (χ1) is 8.88. The maximum atomic E-state index is 12.1. The first-order valence-corrected chi connectivity index (χ1v) is 7.61. The molecular formula is C12H11BrN2O3S. The van der Waals surface area contributed by atoms with Crippen LogP contribution in [0.3, 0.4) is 0 Å². The summed E-state index contributed by atoms with van der Waals surface area (Å²) in [5, 5.41) is 0. The third-order valence-corrected chi connectivity index (χ3v) is 4.32. The largest absolute Gasteiger partial charge is 0.316 e. The van der Waals surface area contributed by atoms with Gasteiger partial charge in [-0.25, -0.2) is 8.42 Å². The zero-order chi connectivity index (χ0) is 14.0. The van der Waals surface area contributed by atoms with Crippen molar-refractivity contribution >= 4 is 31.6 Å². The average molecular weight is 343 g/mol. The molecule has 7 heteroatoms. The number of rotatable bonds is 3. The van der Waals surface area contributed by atoms with Crippen molar-refractivity contribution in [3.63, 3.8) is 0 Å². The fourth-order valence-corrected chi connectivity index (χ4v) is 3.14. The summed E-state index contributed by atoms with van der Waals surface area (Å²) in [5.41, 5.74) is 0.132. The average Bonchev–Trinajstić information content (AvgIpc) is 2.33. The predicted octanol–water partition coefficient (Wildman–Crippen LogP) is 1.95. The van der Waals surface area contributed by atoms with Gasteiger partial charge in [0.05, 0.1) is 10.6 Å². The molecule has 0 unspecified atom stereocenters. The number of sulfonamides is 1. The number of hydrogen-bond acceptors (Lipinski definition) is 3. The molecule has 0 aliphatic carbocycles. The first-order valence-electron chi connectivity index (χ1n) is 5.33. The van der Waals surface area contributed by atoms with Gasteiger partial charge in [0.15, 0.2) is 0 Å². The van der Waals surface area contributed by atoms with Gasteiger partial charge >= 0.3 is 0 Å². The lowest BCUT2D eigenvalue weighted by atomic mass is 10.4. The summed E-state index contributed by atoms with van der Waals surface area (Å²) in [6.45, 7) is 0. The maximum Gasteiger partial charge on any atom is 0.261 e. The smallest absolute Gasteiger partial charge is 0.261 e. The highest BCUT2D eigenvalue weighted by Crippen LogP contribution is 2.18. The monoisotopic (exact) mass is 342 g/mol. The number of nitrogens with zero attached hydrogens (tertiary/aromatic N) is 1. The SMILES string of the molecule is Cn1cc(NS(=O)(=O)c2cccc(Br)c2)ccc1=O. The quantitative estimate of drug-likeness (QED) is 0.926. The Morgan fingerprint density at radius 3 is 2.58 bits per heavy atom. The van der Waals surface area contributed by atoms with Crippen LogP contribution in [0, 0.1) is 0 Å². The molecule has 0 aliphatic rings. The molecule has 1 N–H and O–H groups in total. The molecule has 0 amide bonds. The lowest BCUT2D eigenvalue weighted by Crippen LogP contribution is -2.18. The molecule has 0 radical (unpaired) electrons. The minimum absolute atomic E-state index is 0.149. The molecule has 1 aromatic heterocycles. The highest BCUT2D eigenvalue weighted by molar-refractivity contribution is 9.10. The molecule has 0 fully saturated rings. The van der Waals surface area contributed by atoms with E-state index in [-0.39, 0.29) is 10.5 Å². The Morgan fingerprint density at radius 1 is 1.21 bits per heavy atom. The molecule has 2 aromatic rings. The van der Waals surface area contributed by atoms with Gasteiger partial charge in [0.2, 0.25) is 5.56 Å². The molecule has 0 aliphatic heterocycles. The topological polar surface area (TPSA) is 68.2 Å². The second-order valence-electron chi connectivity index (χ2n) is 3.93. The van der Waals surface area contributed by atoms with Gasteiger partial charge in [-0.1, -0.05) is 22.0 Å². The number of halogens is 1. The van der Waals surface area contributed by atoms with Crippen LogP contribution in [0.4, 0.5) is 5.69 Å². The van der Waals surface area contributed by atoms with E-state index in [4.69, 9.17) is 0 Å². The summed E-state index contributed by atoms with van der Waals surface area (Å²) >= 11 is 3.22. The molecule has 0 saturated carbocycles. The van der Waals surface area contributed by atoms with Crippen molar-refractivity contribution in [2.75, 3.05) is 4.72 Å². The van der Waals surface area contributed by atoms with Crippen LogP contribution in [0.5, 0.6) is 0 Å². The van der Waals surface area contributed by atoms with Crippen molar-refractivity contribution < 1.29 is 8.42 Å². The number of nitrogens with one attached hydrogen (secondary N) is 1. The van der Waals surface area contributed by atoms with Crippen LogP contribution in [0.15, 0.2) is 56.8 Å². The minimum Gasteiger partial charge on any atom is -0.316 e. The van der Waals surface area contributed by atoms with Crippen LogP contribution < -0.4 is 10.3 Å². The van der Waals surface area contributed by atoms with Crippen LogP contribution in [0.2, 0.25) is 0 Å². The molecule has 0 saturated heterocycles. The highest BCUT2D eigenvalue weighted by atomic mass is 79.9. The molecule has 0 bridgehead atoms. The van der Waals surface area contributed by atoms with Crippen LogP contribution >= 0.6 is 15.9 Å². The Kier molecular flexibility index (Phi) is 3.77. The Bertz CT molecular complexity index is 769. The van der Waals surface area contributed by atoms with E-state index in [0.29, 0.717) is 10.2 Å². The van der Waals surface area contributed by atoms with E-state index in [0.717, 1.165) is 0 Å². The normalized spacial score (nSPS) is 11.3. The van der Waals surface area contributed by atoms with Gasteiger partial charge < -0.3 is 4.57 Å². The fourth-order valence-electron chi connectivity index (χ4n) is 1.50. The lowest BCUT2D eigenvalue weighted by molar-refractivity contribution is 0.601. The number of pyridine rings is 1. The third kappa shape index (κ3) is 3.24. The third-order valence-electron chi connectivity index (χ3n) is 2.44. The number of aryl methyl sites for hydroxylation is 1. The predicted molar refractivity (Wildman–Crippen MR) is 76.6 cm³/mol. The van der Waals surface area contributed by atoms with Crippen molar-refractivity contribution in [2.24, 2.45) is 7.05 Å². The second kappa shape index (κ2) is 5.18. The molecule has 0 spiro atoms. The highest BCUT2D eigenvalue weighted by Gasteiger charge is 2.14. The van der Waals surface area contributed by atoms with E-state index in [1.54, 1.807) is 19.2 Å². The summed E-state index contributed by atoms with van der Waals surface area (Å²) in [5.74, 6) is 0. The van der Waals surface area contributed by atoms with Gasteiger partial charge in [-0.15, -0.1) is 0 Å². The number of benzene rings is 1. The zero-order valence-electron chi connectivity index (χ0n) is 10.00. The second-order valence-corrected chi connectivity index (χ2v) is 6.53. The molecule has 1 aromatic carbocycles. The van der Waals surface area contributed by atoms with E-state index >= 15 is 0 Å². The Morgan fingerprint density at radius 2 is 1.95 bits per heavy atom. The van der Waals surface area contributed by atoms with Gasteiger partial charge in [0.1, 0.15) is 0 Å². The van der Waals surface area contributed by atoms with Crippen molar-refractivity contribution in [1.29, 1.82) is 0 Å².